The minimum Gasteiger partial charge on any atom is -0.357 e. The molecule has 0 saturated heterocycles. The molecule has 0 radical (unpaired) electrons. The monoisotopic (exact) mass is 328 g/mol. The first-order valence-electron chi connectivity index (χ1n) is 7.45. The summed E-state index contributed by atoms with van der Waals surface area (Å²) < 4.78 is 0. The van der Waals surface area contributed by atoms with Crippen molar-refractivity contribution in [3.63, 3.8) is 0 Å². The molecule has 132 valence electrons. The van der Waals surface area contributed by atoms with Gasteiger partial charge in [-0.2, -0.15) is 0 Å². The molecule has 0 aromatic heterocycles. The highest BCUT2D eigenvalue weighted by atomic mass is 16.2. The lowest BCUT2D eigenvalue weighted by molar-refractivity contribution is -0.149. The summed E-state index contributed by atoms with van der Waals surface area (Å²) in [5.74, 6) is -1.21. The fourth-order valence-corrected chi connectivity index (χ4v) is 1.96. The molecule has 0 heterocycles. The Morgan fingerprint density at radius 1 is 0.739 bits per heavy atom. The fraction of sp³-hybridized carbons (Fsp3) is 0.733. The molecule has 0 aliphatic carbocycles. The Balaban J connectivity index is 5.03. The highest BCUT2D eigenvalue weighted by molar-refractivity contribution is 5.93. The Morgan fingerprint density at radius 2 is 1.09 bits per heavy atom. The maximum Gasteiger partial charge on any atom is 0.245 e. The summed E-state index contributed by atoms with van der Waals surface area (Å²) in [5, 5.41) is 2.48. The molecule has 0 fully saturated rings. The van der Waals surface area contributed by atoms with Crippen LogP contribution < -0.4 is 5.32 Å². The summed E-state index contributed by atoms with van der Waals surface area (Å²) >= 11 is 0. The Labute approximate surface area is 137 Å². The van der Waals surface area contributed by atoms with E-state index < -0.39 is 18.1 Å². The maximum atomic E-state index is 12.4. The van der Waals surface area contributed by atoms with Crippen LogP contribution in [0.4, 0.5) is 0 Å². The summed E-state index contributed by atoms with van der Waals surface area (Å²) in [6, 6.07) is -2.06. The standard InChI is InChI=1S/C15H28N4O4/c1-9(13(21)16-5)18(7)15(23)11(3)19(8)14(22)10(2)17(6)12(4)20/h9-11H,1-8H3,(H,16,21). The van der Waals surface area contributed by atoms with Crippen LogP contribution in [0, 0.1) is 0 Å². The predicted molar refractivity (Wildman–Crippen MR) is 86.4 cm³/mol. The zero-order chi connectivity index (χ0) is 18.5. The quantitative estimate of drug-likeness (QED) is 0.698. The molecule has 0 aliphatic rings. The van der Waals surface area contributed by atoms with Gasteiger partial charge in [-0.25, -0.2) is 0 Å². The van der Waals surface area contributed by atoms with Gasteiger partial charge in [0.2, 0.25) is 23.6 Å². The zero-order valence-corrected chi connectivity index (χ0v) is 15.2. The number of amides is 4. The van der Waals surface area contributed by atoms with Crippen LogP contribution in [0.2, 0.25) is 0 Å². The first-order valence-corrected chi connectivity index (χ1v) is 7.45. The minimum absolute atomic E-state index is 0.233. The first kappa shape index (κ1) is 20.9. The maximum absolute atomic E-state index is 12.4. The van der Waals surface area contributed by atoms with Crippen LogP contribution in [0.3, 0.4) is 0 Å². The van der Waals surface area contributed by atoms with Gasteiger partial charge in [-0.15, -0.1) is 0 Å². The summed E-state index contributed by atoms with van der Waals surface area (Å²) in [5.41, 5.74) is 0. The molecule has 0 rings (SSSR count). The SMILES string of the molecule is CNC(=O)C(C)N(C)C(=O)C(C)N(C)C(=O)C(C)N(C)C(C)=O. The number of carbonyl (C=O) groups is 4. The summed E-state index contributed by atoms with van der Waals surface area (Å²) in [6.45, 7) is 6.18. The van der Waals surface area contributed by atoms with Gasteiger partial charge < -0.3 is 20.0 Å². The molecule has 0 saturated carbocycles. The second-order valence-electron chi connectivity index (χ2n) is 5.67. The third-order valence-corrected chi connectivity index (χ3v) is 4.28. The molecule has 0 spiro atoms. The number of hydrogen-bond donors (Lipinski definition) is 1. The van der Waals surface area contributed by atoms with Crippen molar-refractivity contribution < 1.29 is 19.2 Å². The number of carbonyl (C=O) groups excluding carboxylic acids is 4. The van der Waals surface area contributed by atoms with E-state index in [0.29, 0.717) is 0 Å². The Kier molecular flexibility index (Phi) is 7.71. The van der Waals surface area contributed by atoms with E-state index in [9.17, 15) is 19.2 Å². The highest BCUT2D eigenvalue weighted by Crippen LogP contribution is 2.09. The second kappa shape index (κ2) is 8.50. The average molecular weight is 328 g/mol. The molecule has 1 N–H and O–H groups in total. The molecular formula is C15H28N4O4. The van der Waals surface area contributed by atoms with Gasteiger partial charge >= 0.3 is 0 Å². The largest absolute Gasteiger partial charge is 0.357 e. The van der Waals surface area contributed by atoms with Gasteiger partial charge in [0.1, 0.15) is 18.1 Å². The zero-order valence-electron chi connectivity index (χ0n) is 15.2. The van der Waals surface area contributed by atoms with Gasteiger partial charge in [0.25, 0.3) is 0 Å². The van der Waals surface area contributed by atoms with E-state index in [4.69, 9.17) is 0 Å². The van der Waals surface area contributed by atoms with Crippen molar-refractivity contribution in [3.8, 4) is 0 Å². The Bertz CT molecular complexity index is 480. The molecule has 8 nitrogen and oxygen atoms in total. The number of nitrogens with zero attached hydrogens (tertiary/aromatic N) is 3. The number of likely N-dealkylation sites (N-methyl/N-ethyl adjacent to an activating group) is 4. The van der Waals surface area contributed by atoms with Gasteiger partial charge in [0.15, 0.2) is 0 Å². The van der Waals surface area contributed by atoms with Crippen LogP contribution in [0.15, 0.2) is 0 Å². The van der Waals surface area contributed by atoms with Gasteiger partial charge in [-0.3, -0.25) is 19.2 Å². The van der Waals surface area contributed by atoms with Crippen LogP contribution in [0.5, 0.6) is 0 Å². The van der Waals surface area contributed by atoms with E-state index in [1.807, 2.05) is 0 Å². The van der Waals surface area contributed by atoms with Crippen LogP contribution >= 0.6 is 0 Å². The number of nitrogens with one attached hydrogen (secondary N) is 1. The van der Waals surface area contributed by atoms with E-state index in [1.54, 1.807) is 20.8 Å². The third-order valence-electron chi connectivity index (χ3n) is 4.28. The molecule has 0 bridgehead atoms. The lowest BCUT2D eigenvalue weighted by Gasteiger charge is -2.33. The van der Waals surface area contributed by atoms with Crippen molar-refractivity contribution in [3.05, 3.63) is 0 Å². The fourth-order valence-electron chi connectivity index (χ4n) is 1.96. The molecule has 0 aromatic rings. The van der Waals surface area contributed by atoms with E-state index >= 15 is 0 Å². The summed E-state index contributed by atoms with van der Waals surface area (Å²) in [6.07, 6.45) is 0. The summed E-state index contributed by atoms with van der Waals surface area (Å²) in [4.78, 5) is 51.7. The van der Waals surface area contributed by atoms with Gasteiger partial charge in [0, 0.05) is 35.1 Å². The second-order valence-corrected chi connectivity index (χ2v) is 5.67. The van der Waals surface area contributed by atoms with Crippen LogP contribution in [-0.2, 0) is 19.2 Å². The van der Waals surface area contributed by atoms with E-state index in [-0.39, 0.29) is 23.6 Å². The molecule has 0 aromatic carbocycles. The topological polar surface area (TPSA) is 90.0 Å². The third kappa shape index (κ3) is 4.94. The Morgan fingerprint density at radius 3 is 1.43 bits per heavy atom. The average Bonchev–Trinajstić information content (AvgIpc) is 2.55. The van der Waals surface area contributed by atoms with Crippen molar-refractivity contribution in [2.24, 2.45) is 0 Å². The van der Waals surface area contributed by atoms with Gasteiger partial charge in [0.05, 0.1) is 0 Å². The normalized spacial score (nSPS) is 14.3. The van der Waals surface area contributed by atoms with Crippen molar-refractivity contribution in [2.75, 3.05) is 28.2 Å². The number of rotatable bonds is 6. The molecule has 4 amide bonds. The molecule has 3 atom stereocenters. The Hall–Kier alpha value is -2.12. The van der Waals surface area contributed by atoms with Crippen molar-refractivity contribution >= 4 is 23.6 Å². The molecule has 8 heteroatoms. The number of hydrogen-bond acceptors (Lipinski definition) is 4. The lowest BCUT2D eigenvalue weighted by atomic mass is 10.1. The van der Waals surface area contributed by atoms with Crippen molar-refractivity contribution in [1.82, 2.24) is 20.0 Å². The molecule has 0 aliphatic heterocycles. The molecule has 23 heavy (non-hydrogen) atoms. The van der Waals surface area contributed by atoms with E-state index in [1.165, 1.54) is 49.8 Å². The van der Waals surface area contributed by atoms with Gasteiger partial charge in [-0.05, 0) is 20.8 Å². The predicted octanol–water partition coefficient (Wildman–Crippen LogP) is -0.707. The van der Waals surface area contributed by atoms with Gasteiger partial charge in [-0.1, -0.05) is 0 Å². The minimum atomic E-state index is -0.748. The molecular weight excluding hydrogens is 300 g/mol. The van der Waals surface area contributed by atoms with Crippen LogP contribution in [0.1, 0.15) is 27.7 Å². The van der Waals surface area contributed by atoms with E-state index in [0.717, 1.165) is 0 Å². The van der Waals surface area contributed by atoms with Crippen molar-refractivity contribution in [2.45, 2.75) is 45.8 Å². The smallest absolute Gasteiger partial charge is 0.245 e. The van der Waals surface area contributed by atoms with Crippen LogP contribution in [0.25, 0.3) is 0 Å². The van der Waals surface area contributed by atoms with E-state index in [2.05, 4.69) is 5.32 Å². The highest BCUT2D eigenvalue weighted by Gasteiger charge is 2.32. The summed E-state index contributed by atoms with van der Waals surface area (Å²) in [7, 11) is 6.05. The first-order chi connectivity index (χ1) is 10.5. The lowest BCUT2D eigenvalue weighted by Crippen LogP contribution is -2.55. The molecule has 3 unspecified atom stereocenters. The van der Waals surface area contributed by atoms with Crippen molar-refractivity contribution in [1.29, 1.82) is 0 Å². The van der Waals surface area contributed by atoms with Crippen LogP contribution in [-0.4, -0.2) is 84.6 Å².